The van der Waals surface area contributed by atoms with Crippen molar-refractivity contribution in [2.45, 2.75) is 51.4 Å². The number of H-pyrrole nitrogens is 1. The largest absolute Gasteiger partial charge is 0.493 e. The number of aliphatic hydroxyl groups is 2. The summed E-state index contributed by atoms with van der Waals surface area (Å²) in [6.45, 7) is 4.06. The molecule has 1 aliphatic carbocycles. The number of ether oxygens (including phenoxy) is 2. The number of nitrogens with zero attached hydrogens (tertiary/aromatic N) is 1. The molecule has 0 unspecified atom stereocenters. The summed E-state index contributed by atoms with van der Waals surface area (Å²) in [5.74, 6) is 0.149. The van der Waals surface area contributed by atoms with Crippen LogP contribution in [0.1, 0.15) is 42.7 Å². The van der Waals surface area contributed by atoms with E-state index in [1.165, 1.54) is 13.2 Å². The Hall–Kier alpha value is -3.42. The Morgan fingerprint density at radius 2 is 2.00 bits per heavy atom. The van der Waals surface area contributed by atoms with E-state index in [0.29, 0.717) is 45.5 Å². The Bertz CT molecular complexity index is 1450. The number of aldehydes is 1. The van der Waals surface area contributed by atoms with Gasteiger partial charge in [-0.25, -0.2) is 0 Å². The molecular weight excluding hydrogens is 665 g/mol. The van der Waals surface area contributed by atoms with E-state index in [2.05, 4.69) is 16.4 Å². The summed E-state index contributed by atoms with van der Waals surface area (Å²) in [6, 6.07) is 12.4. The van der Waals surface area contributed by atoms with Crippen LogP contribution in [0.4, 0.5) is 0 Å². The highest BCUT2D eigenvalue weighted by Gasteiger charge is 2.41. The molecule has 11 heteroatoms. The maximum atomic E-state index is 13.7. The number of benzene rings is 2. The van der Waals surface area contributed by atoms with Crippen LogP contribution in [0, 0.1) is 9.49 Å². The number of carbonyl (C=O) groups is 3. The molecule has 0 spiro atoms. The van der Waals surface area contributed by atoms with Crippen LogP contribution in [0.15, 0.2) is 54.1 Å². The second kappa shape index (κ2) is 14.8. The predicted molar refractivity (Wildman–Crippen MR) is 171 cm³/mol. The molecule has 0 radical (unpaired) electrons. The maximum absolute atomic E-state index is 13.7. The van der Waals surface area contributed by atoms with E-state index in [0.717, 1.165) is 16.6 Å². The van der Waals surface area contributed by atoms with Crippen molar-refractivity contribution in [1.82, 2.24) is 15.2 Å². The van der Waals surface area contributed by atoms with E-state index >= 15 is 0 Å². The van der Waals surface area contributed by atoms with Crippen molar-refractivity contribution in [3.8, 4) is 11.5 Å². The fourth-order valence-electron chi connectivity index (χ4n) is 5.29. The van der Waals surface area contributed by atoms with Crippen LogP contribution in [0.25, 0.3) is 10.9 Å². The van der Waals surface area contributed by atoms with Gasteiger partial charge in [0.25, 0.3) is 0 Å². The van der Waals surface area contributed by atoms with Gasteiger partial charge in [0, 0.05) is 54.7 Å². The van der Waals surface area contributed by atoms with Gasteiger partial charge in [-0.05, 0) is 64.2 Å². The zero-order valence-corrected chi connectivity index (χ0v) is 26.7. The molecule has 0 saturated heterocycles. The van der Waals surface area contributed by atoms with Crippen LogP contribution < -0.4 is 14.8 Å². The zero-order valence-electron chi connectivity index (χ0n) is 24.5. The van der Waals surface area contributed by atoms with Crippen molar-refractivity contribution in [2.75, 3.05) is 26.8 Å². The number of aromatic amines is 1. The molecule has 4 N–H and O–H groups in total. The number of carbonyl (C=O) groups excluding carboxylic acids is 3. The predicted octanol–water partition coefficient (Wildman–Crippen LogP) is 3.63. The lowest BCUT2D eigenvalue weighted by atomic mass is 9.87. The number of para-hydroxylation sites is 1. The van der Waals surface area contributed by atoms with Gasteiger partial charge in [-0.3, -0.25) is 14.4 Å². The minimum atomic E-state index is -1.18. The summed E-state index contributed by atoms with van der Waals surface area (Å²) in [5.41, 5.74) is 2.68. The highest BCUT2D eigenvalue weighted by atomic mass is 127. The van der Waals surface area contributed by atoms with Crippen molar-refractivity contribution in [2.24, 2.45) is 5.92 Å². The molecule has 3 aromatic rings. The first-order valence-electron chi connectivity index (χ1n) is 14.3. The monoisotopic (exact) mass is 703 g/mol. The lowest BCUT2D eigenvalue weighted by molar-refractivity contribution is -0.139. The Kier molecular flexibility index (Phi) is 11.2. The van der Waals surface area contributed by atoms with Crippen molar-refractivity contribution in [3.05, 3.63) is 68.9 Å². The number of methoxy groups -OCH3 is 1. The Balaban J connectivity index is 1.69. The number of fused-ring (bicyclic) bond motifs is 1. The smallest absolute Gasteiger partial charge is 0.247 e. The molecule has 0 aliphatic heterocycles. The highest BCUT2D eigenvalue weighted by molar-refractivity contribution is 14.1. The molecule has 230 valence electrons. The van der Waals surface area contributed by atoms with Crippen LogP contribution in [0.5, 0.6) is 11.5 Å². The Morgan fingerprint density at radius 3 is 2.67 bits per heavy atom. The van der Waals surface area contributed by atoms with Gasteiger partial charge in [0.1, 0.15) is 18.5 Å². The van der Waals surface area contributed by atoms with Crippen molar-refractivity contribution < 1.29 is 34.1 Å². The molecule has 0 fully saturated rings. The van der Waals surface area contributed by atoms with E-state index in [1.54, 1.807) is 17.0 Å². The van der Waals surface area contributed by atoms with Crippen molar-refractivity contribution in [3.63, 3.8) is 0 Å². The molecule has 1 aliphatic rings. The molecule has 2 aromatic carbocycles. The summed E-state index contributed by atoms with van der Waals surface area (Å²) in [7, 11) is 1.45. The molecule has 0 saturated carbocycles. The molecule has 43 heavy (non-hydrogen) atoms. The van der Waals surface area contributed by atoms with Crippen LogP contribution in [0.3, 0.4) is 0 Å². The summed E-state index contributed by atoms with van der Waals surface area (Å²) in [4.78, 5) is 43.3. The molecule has 1 heterocycles. The fraction of sp³-hybridized carbons (Fsp3) is 0.406. The number of halogens is 1. The van der Waals surface area contributed by atoms with Gasteiger partial charge >= 0.3 is 0 Å². The van der Waals surface area contributed by atoms with Gasteiger partial charge in [-0.1, -0.05) is 32.0 Å². The number of amides is 2. The molecule has 2 amide bonds. The second-order valence-electron chi connectivity index (χ2n) is 11.0. The molecule has 1 aromatic heterocycles. The van der Waals surface area contributed by atoms with E-state index in [9.17, 15) is 24.6 Å². The van der Waals surface area contributed by atoms with Gasteiger partial charge in [0.2, 0.25) is 11.8 Å². The van der Waals surface area contributed by atoms with E-state index in [4.69, 9.17) is 9.47 Å². The number of rotatable bonds is 13. The standard InChI is InChI=1S/C32H38IN3O7/c1-19(2)12-29(39)36(10-8-23-15-21-6-4-5-7-25(21)35-23)26-16-22(32(41)34-9-11-37)17-27(30(26)40)43-31-24(33)13-20(18-38)14-28(31)42-3/h4-7,13-15,17-19,26-27,30,35,37,40H,8-12,16H2,1-3H3,(H,34,41)/t26-,27+,30+/m1/s1. The first-order chi connectivity index (χ1) is 20.6. The number of nitrogens with one attached hydrogen (secondary N) is 2. The average molecular weight is 704 g/mol. The van der Waals surface area contributed by atoms with Gasteiger partial charge in [-0.2, -0.15) is 0 Å². The summed E-state index contributed by atoms with van der Waals surface area (Å²) < 4.78 is 12.4. The van der Waals surface area contributed by atoms with Gasteiger partial charge in [-0.15, -0.1) is 0 Å². The topological polar surface area (TPSA) is 141 Å². The molecule has 4 rings (SSSR count). The van der Waals surface area contributed by atoms with Crippen LogP contribution in [0.2, 0.25) is 0 Å². The number of hydrogen-bond acceptors (Lipinski definition) is 7. The number of aromatic nitrogens is 1. The van der Waals surface area contributed by atoms with Crippen molar-refractivity contribution in [1.29, 1.82) is 0 Å². The Labute approximate surface area is 264 Å². The summed E-state index contributed by atoms with van der Waals surface area (Å²) in [5, 5.41) is 24.8. The molecule has 0 bridgehead atoms. The third-order valence-corrected chi connectivity index (χ3v) is 8.17. The number of hydrogen-bond donors (Lipinski definition) is 4. The third-order valence-electron chi connectivity index (χ3n) is 7.37. The molecule has 10 nitrogen and oxygen atoms in total. The quantitative estimate of drug-likeness (QED) is 0.158. The lowest BCUT2D eigenvalue weighted by Gasteiger charge is -2.41. The van der Waals surface area contributed by atoms with Crippen LogP contribution >= 0.6 is 22.6 Å². The number of aliphatic hydroxyl groups excluding tert-OH is 2. The van der Waals surface area contributed by atoms with Crippen molar-refractivity contribution >= 4 is 51.6 Å². The fourth-order valence-corrected chi connectivity index (χ4v) is 6.04. The van der Waals surface area contributed by atoms with E-state index in [1.807, 2.05) is 60.7 Å². The summed E-state index contributed by atoms with van der Waals surface area (Å²) in [6.07, 6.45) is 0.958. The Morgan fingerprint density at radius 1 is 1.23 bits per heavy atom. The lowest BCUT2D eigenvalue weighted by Crippen LogP contribution is -2.55. The highest BCUT2D eigenvalue weighted by Crippen LogP contribution is 2.37. The summed E-state index contributed by atoms with van der Waals surface area (Å²) >= 11 is 2.03. The average Bonchev–Trinajstić information content (AvgIpc) is 3.40. The second-order valence-corrected chi connectivity index (χ2v) is 12.1. The van der Waals surface area contributed by atoms with Gasteiger partial charge < -0.3 is 34.9 Å². The van der Waals surface area contributed by atoms with Crippen LogP contribution in [-0.2, 0) is 16.0 Å². The molecular formula is C32H38IN3O7. The molecule has 3 atom stereocenters. The van der Waals surface area contributed by atoms with E-state index < -0.39 is 24.2 Å². The third kappa shape index (κ3) is 7.95. The maximum Gasteiger partial charge on any atom is 0.247 e. The van der Waals surface area contributed by atoms with Gasteiger partial charge in [0.05, 0.1) is 23.3 Å². The van der Waals surface area contributed by atoms with Gasteiger partial charge in [0.15, 0.2) is 11.5 Å². The van der Waals surface area contributed by atoms with Crippen LogP contribution in [-0.4, -0.2) is 83.3 Å². The zero-order chi connectivity index (χ0) is 31.1. The first-order valence-corrected chi connectivity index (χ1v) is 15.4. The first kappa shape index (κ1) is 32.5. The normalized spacial score (nSPS) is 18.3. The minimum absolute atomic E-state index is 0.0597. The SMILES string of the molecule is COc1cc(C=O)cc(I)c1O[C@H]1C=C(C(=O)NCCO)C[C@@H](N(CCc2cc3ccccc3[nH]2)C(=O)CC(C)C)[C@@H]1O. The minimum Gasteiger partial charge on any atom is -0.493 e. The van der Waals surface area contributed by atoms with E-state index in [-0.39, 0.29) is 37.8 Å².